The summed E-state index contributed by atoms with van der Waals surface area (Å²) in [5.41, 5.74) is 0. The summed E-state index contributed by atoms with van der Waals surface area (Å²) in [6.07, 6.45) is 2.68. The molecule has 1 fully saturated rings. The van der Waals surface area contributed by atoms with E-state index in [1.807, 2.05) is 0 Å². The zero-order chi connectivity index (χ0) is 11.0. The SMILES string of the molecule is CC(C1CC1)N(C)c1nc(Cl)c(CCl)s1. The summed E-state index contributed by atoms with van der Waals surface area (Å²) in [5.74, 6) is 1.28. The summed E-state index contributed by atoms with van der Waals surface area (Å²) in [4.78, 5) is 7.51. The van der Waals surface area contributed by atoms with Crippen LogP contribution in [0.5, 0.6) is 0 Å². The van der Waals surface area contributed by atoms with E-state index >= 15 is 0 Å². The van der Waals surface area contributed by atoms with Crippen LogP contribution in [-0.4, -0.2) is 18.1 Å². The highest BCUT2D eigenvalue weighted by Crippen LogP contribution is 2.38. The van der Waals surface area contributed by atoms with Crippen molar-refractivity contribution >= 4 is 39.7 Å². The van der Waals surface area contributed by atoms with E-state index in [0.29, 0.717) is 17.1 Å². The summed E-state index contributed by atoms with van der Waals surface area (Å²) in [6, 6.07) is 0.551. The van der Waals surface area contributed by atoms with Crippen molar-refractivity contribution in [1.29, 1.82) is 0 Å². The fourth-order valence-electron chi connectivity index (χ4n) is 1.62. The Hall–Kier alpha value is 0.01000. The predicted octanol–water partition coefficient (Wildman–Crippen LogP) is 3.77. The lowest BCUT2D eigenvalue weighted by Gasteiger charge is -2.23. The molecule has 1 aromatic heterocycles. The van der Waals surface area contributed by atoms with Gasteiger partial charge in [0.2, 0.25) is 0 Å². The number of rotatable bonds is 4. The van der Waals surface area contributed by atoms with Gasteiger partial charge in [-0.25, -0.2) is 4.98 Å². The summed E-state index contributed by atoms with van der Waals surface area (Å²) in [7, 11) is 2.08. The number of hydrogen-bond donors (Lipinski definition) is 0. The van der Waals surface area contributed by atoms with Gasteiger partial charge in [-0.3, -0.25) is 0 Å². The summed E-state index contributed by atoms with van der Waals surface area (Å²) < 4.78 is 0. The molecule has 0 amide bonds. The topological polar surface area (TPSA) is 16.1 Å². The minimum atomic E-state index is 0.447. The largest absolute Gasteiger partial charge is 0.348 e. The number of halogens is 2. The van der Waals surface area contributed by atoms with E-state index in [1.165, 1.54) is 12.8 Å². The first-order valence-corrected chi connectivity index (χ1v) is 6.80. The Labute approximate surface area is 104 Å². The van der Waals surface area contributed by atoms with Crippen molar-refractivity contribution in [3.05, 3.63) is 10.0 Å². The standard InChI is InChI=1S/C10H14Cl2N2S/c1-6(7-3-4-7)14(2)10-13-9(12)8(5-11)15-10/h6-7H,3-5H2,1-2H3. The van der Waals surface area contributed by atoms with E-state index in [-0.39, 0.29) is 0 Å². The first kappa shape index (κ1) is 11.5. The first-order valence-electron chi connectivity index (χ1n) is 5.07. The molecule has 1 unspecified atom stereocenters. The number of alkyl halides is 1. The van der Waals surface area contributed by atoms with Gasteiger partial charge in [-0.05, 0) is 25.7 Å². The molecule has 15 heavy (non-hydrogen) atoms. The van der Waals surface area contributed by atoms with Gasteiger partial charge in [0.1, 0.15) is 5.15 Å². The fourth-order valence-corrected chi connectivity index (χ4v) is 3.15. The lowest BCUT2D eigenvalue weighted by atomic mass is 10.2. The van der Waals surface area contributed by atoms with Gasteiger partial charge in [0.15, 0.2) is 5.13 Å². The molecule has 0 aromatic carbocycles. The lowest BCUT2D eigenvalue weighted by Crippen LogP contribution is -2.30. The van der Waals surface area contributed by atoms with Gasteiger partial charge >= 0.3 is 0 Å². The van der Waals surface area contributed by atoms with Crippen molar-refractivity contribution < 1.29 is 0 Å². The molecule has 0 aliphatic heterocycles. The van der Waals surface area contributed by atoms with E-state index in [9.17, 15) is 0 Å². The molecule has 0 spiro atoms. The van der Waals surface area contributed by atoms with Crippen LogP contribution in [0.1, 0.15) is 24.6 Å². The molecule has 1 atom stereocenters. The Morgan fingerprint density at radius 3 is 2.73 bits per heavy atom. The second-order valence-corrected chi connectivity index (χ2v) is 5.72. The van der Waals surface area contributed by atoms with Gasteiger partial charge in [0.05, 0.1) is 10.8 Å². The molecule has 0 radical (unpaired) electrons. The maximum Gasteiger partial charge on any atom is 0.187 e. The average molecular weight is 265 g/mol. The molecule has 0 bridgehead atoms. The average Bonchev–Trinajstić information content (AvgIpc) is 3.00. The Morgan fingerprint density at radius 2 is 2.27 bits per heavy atom. The molecule has 1 aromatic rings. The van der Waals surface area contributed by atoms with Crippen LogP contribution in [-0.2, 0) is 5.88 Å². The van der Waals surface area contributed by atoms with E-state index in [2.05, 4.69) is 23.9 Å². The minimum Gasteiger partial charge on any atom is -0.348 e. The summed E-state index contributed by atoms with van der Waals surface area (Å²) in [6.45, 7) is 2.24. The Bertz CT molecular complexity index is 349. The maximum atomic E-state index is 5.98. The van der Waals surface area contributed by atoms with Crippen LogP contribution in [0.4, 0.5) is 5.13 Å². The van der Waals surface area contributed by atoms with Crippen LogP contribution in [0.25, 0.3) is 0 Å². The third kappa shape index (κ3) is 2.40. The second-order valence-electron chi connectivity index (χ2n) is 4.03. The second kappa shape index (κ2) is 4.48. The van der Waals surface area contributed by atoms with E-state index in [0.717, 1.165) is 15.9 Å². The molecule has 1 heterocycles. The van der Waals surface area contributed by atoms with Crippen LogP contribution in [0.2, 0.25) is 5.15 Å². The zero-order valence-electron chi connectivity index (χ0n) is 8.83. The molecule has 2 nitrogen and oxygen atoms in total. The molecular formula is C10H14Cl2N2S. The molecule has 1 saturated carbocycles. The highest BCUT2D eigenvalue weighted by Gasteiger charge is 2.31. The highest BCUT2D eigenvalue weighted by molar-refractivity contribution is 7.16. The summed E-state index contributed by atoms with van der Waals surface area (Å²) >= 11 is 13.3. The van der Waals surface area contributed by atoms with Gasteiger partial charge < -0.3 is 4.90 Å². The minimum absolute atomic E-state index is 0.447. The molecule has 84 valence electrons. The van der Waals surface area contributed by atoms with Crippen molar-refractivity contribution in [1.82, 2.24) is 4.98 Å². The van der Waals surface area contributed by atoms with Crippen molar-refractivity contribution in [2.24, 2.45) is 5.92 Å². The van der Waals surface area contributed by atoms with Gasteiger partial charge in [-0.1, -0.05) is 22.9 Å². The lowest BCUT2D eigenvalue weighted by molar-refractivity contribution is 0.608. The van der Waals surface area contributed by atoms with Crippen molar-refractivity contribution in [3.63, 3.8) is 0 Å². The zero-order valence-corrected chi connectivity index (χ0v) is 11.2. The van der Waals surface area contributed by atoms with Gasteiger partial charge in [0, 0.05) is 13.1 Å². The Morgan fingerprint density at radius 1 is 1.60 bits per heavy atom. The third-order valence-electron chi connectivity index (χ3n) is 2.98. The molecule has 2 rings (SSSR count). The fraction of sp³-hybridized carbons (Fsp3) is 0.700. The monoisotopic (exact) mass is 264 g/mol. The van der Waals surface area contributed by atoms with E-state index in [4.69, 9.17) is 23.2 Å². The van der Waals surface area contributed by atoms with Gasteiger partial charge in [0.25, 0.3) is 0 Å². The van der Waals surface area contributed by atoms with Gasteiger partial charge in [-0.15, -0.1) is 11.6 Å². The third-order valence-corrected chi connectivity index (χ3v) is 4.97. The van der Waals surface area contributed by atoms with Crippen molar-refractivity contribution in [3.8, 4) is 0 Å². The van der Waals surface area contributed by atoms with Crippen molar-refractivity contribution in [2.45, 2.75) is 31.7 Å². The van der Waals surface area contributed by atoms with Crippen LogP contribution in [0, 0.1) is 5.92 Å². The van der Waals surface area contributed by atoms with Gasteiger partial charge in [-0.2, -0.15) is 0 Å². The van der Waals surface area contributed by atoms with Crippen molar-refractivity contribution in [2.75, 3.05) is 11.9 Å². The van der Waals surface area contributed by atoms with E-state index in [1.54, 1.807) is 11.3 Å². The van der Waals surface area contributed by atoms with Crippen LogP contribution in [0.3, 0.4) is 0 Å². The Kier molecular flexibility index (Phi) is 3.43. The van der Waals surface area contributed by atoms with Crippen LogP contribution in [0.15, 0.2) is 0 Å². The normalized spacial score (nSPS) is 17.9. The number of aromatic nitrogens is 1. The quantitative estimate of drug-likeness (QED) is 0.770. The smallest absolute Gasteiger partial charge is 0.187 e. The highest BCUT2D eigenvalue weighted by atomic mass is 35.5. The number of thiazole rings is 1. The summed E-state index contributed by atoms with van der Waals surface area (Å²) in [5, 5.41) is 1.54. The molecule has 5 heteroatoms. The molecule has 0 N–H and O–H groups in total. The molecular weight excluding hydrogens is 251 g/mol. The van der Waals surface area contributed by atoms with E-state index < -0.39 is 0 Å². The molecule has 0 saturated heterocycles. The van der Waals surface area contributed by atoms with Crippen LogP contribution >= 0.6 is 34.5 Å². The maximum absolute atomic E-state index is 5.98. The number of anilines is 1. The predicted molar refractivity (Wildman–Crippen MR) is 67.3 cm³/mol. The molecule has 1 aliphatic carbocycles. The molecule has 1 aliphatic rings. The number of nitrogens with zero attached hydrogens (tertiary/aromatic N) is 2. The first-order chi connectivity index (χ1) is 7.13. The Balaban J connectivity index is 2.13. The number of hydrogen-bond acceptors (Lipinski definition) is 3. The van der Waals surface area contributed by atoms with Crippen LogP contribution < -0.4 is 4.90 Å².